The van der Waals surface area contributed by atoms with Gasteiger partial charge in [0.1, 0.15) is 11.6 Å². The van der Waals surface area contributed by atoms with Crippen LogP contribution in [-0.2, 0) is 0 Å². The maximum Gasteiger partial charge on any atom is 0.128 e. The van der Waals surface area contributed by atoms with E-state index < -0.39 is 22.4 Å². The van der Waals surface area contributed by atoms with Gasteiger partial charge in [-0.25, -0.2) is 8.78 Å². The molecule has 0 atom stereocenters. The first kappa shape index (κ1) is 15.9. The maximum absolute atomic E-state index is 13.2. The van der Waals surface area contributed by atoms with E-state index in [-0.39, 0.29) is 4.90 Å². The summed E-state index contributed by atoms with van der Waals surface area (Å²) in [7, 11) is -3.63. The van der Waals surface area contributed by atoms with Gasteiger partial charge in [-0.1, -0.05) is 28.4 Å². The van der Waals surface area contributed by atoms with Crippen LogP contribution in [0.2, 0.25) is 5.02 Å². The molecule has 0 aliphatic carbocycles. The van der Waals surface area contributed by atoms with Crippen molar-refractivity contribution in [2.24, 2.45) is 0 Å². The van der Waals surface area contributed by atoms with Crippen LogP contribution in [0.3, 0.4) is 0 Å². The molecule has 0 saturated heterocycles. The average molecular weight is 357 g/mol. The minimum absolute atomic E-state index is 0.286. The van der Waals surface area contributed by atoms with E-state index in [4.69, 9.17) is 11.6 Å². The van der Waals surface area contributed by atoms with Crippen LogP contribution in [0.15, 0.2) is 53.6 Å². The summed E-state index contributed by atoms with van der Waals surface area (Å²) < 4.78 is 49.2. The van der Waals surface area contributed by atoms with E-state index in [1.807, 2.05) is 0 Å². The molecular weight excluding hydrogens is 346 g/mol. The highest BCUT2D eigenvalue weighted by Gasteiger charge is 2.18. The van der Waals surface area contributed by atoms with Gasteiger partial charge in [0.05, 0.1) is 22.3 Å². The van der Waals surface area contributed by atoms with Crippen LogP contribution in [0, 0.1) is 11.6 Å². The van der Waals surface area contributed by atoms with E-state index in [0.717, 1.165) is 17.5 Å². The summed E-state index contributed by atoms with van der Waals surface area (Å²) in [6.07, 6.45) is 1.38. The molecule has 0 unspecified atom stereocenters. The number of pyridine rings is 1. The number of nitrogens with zero attached hydrogens (tertiary/aromatic N) is 1. The van der Waals surface area contributed by atoms with E-state index in [9.17, 15) is 17.9 Å². The van der Waals surface area contributed by atoms with Crippen LogP contribution >= 0.6 is 22.4 Å². The first-order chi connectivity index (χ1) is 10.8. The van der Waals surface area contributed by atoms with Gasteiger partial charge in [0.2, 0.25) is 0 Å². The summed E-state index contributed by atoms with van der Waals surface area (Å²) in [5, 5.41) is 1.25. The normalized spacial score (nSPS) is 12.4. The Morgan fingerprint density at radius 2 is 1.70 bits per heavy atom. The van der Waals surface area contributed by atoms with E-state index in [1.165, 1.54) is 6.20 Å². The highest BCUT2D eigenvalue weighted by molar-refractivity contribution is 8.25. The Morgan fingerprint density at radius 3 is 2.39 bits per heavy atom. The lowest BCUT2D eigenvalue weighted by atomic mass is 10.2. The molecular formula is C15H11ClF2N2O2S. The second-order valence-corrected chi connectivity index (χ2v) is 7.03. The molecule has 23 heavy (non-hydrogen) atoms. The van der Waals surface area contributed by atoms with Crippen LogP contribution in [0.1, 0.15) is 0 Å². The lowest BCUT2D eigenvalue weighted by molar-refractivity contribution is 0.490. The number of aromatic nitrogens is 1. The third-order valence-corrected chi connectivity index (χ3v) is 4.72. The fourth-order valence-corrected chi connectivity index (χ4v) is 3.34. The van der Waals surface area contributed by atoms with Crippen molar-refractivity contribution in [3.05, 3.63) is 65.3 Å². The Kier molecular flexibility index (Phi) is 4.11. The fraction of sp³-hybridized carbons (Fsp3) is 0. The van der Waals surface area contributed by atoms with Crippen molar-refractivity contribution in [2.75, 3.05) is 4.72 Å². The Balaban J connectivity index is 1.94. The summed E-state index contributed by atoms with van der Waals surface area (Å²) in [6.45, 7) is 0. The summed E-state index contributed by atoms with van der Waals surface area (Å²) in [5.41, 5.74) is 0.931. The number of halogens is 3. The smallest absolute Gasteiger partial charge is 0.128 e. The van der Waals surface area contributed by atoms with E-state index in [2.05, 4.69) is 9.71 Å². The van der Waals surface area contributed by atoms with Gasteiger partial charge < -0.3 is 0 Å². The fourth-order valence-electron chi connectivity index (χ4n) is 2.07. The summed E-state index contributed by atoms with van der Waals surface area (Å²) in [5.74, 6) is -1.79. The molecule has 0 spiro atoms. The number of anilines is 1. The molecule has 0 amide bonds. The molecule has 120 valence electrons. The van der Waals surface area contributed by atoms with E-state index in [0.29, 0.717) is 22.3 Å². The predicted molar refractivity (Wildman–Crippen MR) is 87.8 cm³/mol. The average Bonchev–Trinajstić information content (AvgIpc) is 2.46. The molecule has 2 aromatic carbocycles. The van der Waals surface area contributed by atoms with Gasteiger partial charge in [0, 0.05) is 16.5 Å². The van der Waals surface area contributed by atoms with Gasteiger partial charge in [-0.3, -0.25) is 18.8 Å². The molecule has 0 fully saturated rings. The van der Waals surface area contributed by atoms with Crippen molar-refractivity contribution >= 4 is 39.0 Å². The van der Waals surface area contributed by atoms with E-state index in [1.54, 1.807) is 24.3 Å². The molecule has 3 aromatic rings. The zero-order chi connectivity index (χ0) is 16.6. The Hall–Kier alpha value is -1.93. The largest absolute Gasteiger partial charge is 0.279 e. The van der Waals surface area contributed by atoms with Crippen molar-refractivity contribution in [2.45, 2.75) is 4.90 Å². The number of fused-ring (bicyclic) bond motifs is 1. The van der Waals surface area contributed by atoms with Crippen LogP contribution in [0.5, 0.6) is 0 Å². The Bertz CT molecular complexity index is 872. The lowest BCUT2D eigenvalue weighted by Gasteiger charge is -2.33. The van der Waals surface area contributed by atoms with Gasteiger partial charge in [-0.15, -0.1) is 0 Å². The van der Waals surface area contributed by atoms with Crippen molar-refractivity contribution in [3.8, 4) is 0 Å². The molecule has 4 nitrogen and oxygen atoms in total. The van der Waals surface area contributed by atoms with Gasteiger partial charge in [0.25, 0.3) is 0 Å². The monoisotopic (exact) mass is 356 g/mol. The summed E-state index contributed by atoms with van der Waals surface area (Å²) >= 11 is 5.87. The third-order valence-electron chi connectivity index (χ3n) is 3.07. The molecule has 1 heterocycles. The highest BCUT2D eigenvalue weighted by Crippen LogP contribution is 2.48. The zero-order valence-corrected chi connectivity index (χ0v) is 13.1. The third kappa shape index (κ3) is 3.53. The Morgan fingerprint density at radius 1 is 1.00 bits per heavy atom. The van der Waals surface area contributed by atoms with Gasteiger partial charge in [-0.2, -0.15) is 0 Å². The summed E-state index contributed by atoms with van der Waals surface area (Å²) in [6, 6.07) is 9.07. The van der Waals surface area contributed by atoms with E-state index >= 15 is 0 Å². The van der Waals surface area contributed by atoms with Gasteiger partial charge >= 0.3 is 0 Å². The first-order valence-electron chi connectivity index (χ1n) is 6.41. The number of hydrogen-bond acceptors (Lipinski definition) is 4. The molecule has 0 aliphatic rings. The maximum atomic E-state index is 13.2. The SMILES string of the molecule is OS(O)(Nc1cnc2cc(Cl)ccc2c1)c1cc(F)cc(F)c1. The van der Waals surface area contributed by atoms with Crippen LogP contribution in [0.25, 0.3) is 10.9 Å². The zero-order valence-electron chi connectivity index (χ0n) is 11.5. The van der Waals surface area contributed by atoms with Gasteiger partial charge in [0.15, 0.2) is 0 Å². The lowest BCUT2D eigenvalue weighted by Crippen LogP contribution is -2.10. The minimum Gasteiger partial charge on any atom is -0.279 e. The molecule has 0 aliphatic heterocycles. The minimum atomic E-state index is -3.63. The number of rotatable bonds is 3. The quantitative estimate of drug-likeness (QED) is 0.595. The second-order valence-electron chi connectivity index (χ2n) is 4.82. The number of benzene rings is 2. The van der Waals surface area contributed by atoms with Crippen LogP contribution in [-0.4, -0.2) is 14.1 Å². The van der Waals surface area contributed by atoms with Crippen molar-refractivity contribution < 1.29 is 17.9 Å². The van der Waals surface area contributed by atoms with Crippen LogP contribution < -0.4 is 4.72 Å². The molecule has 3 rings (SSSR count). The topological polar surface area (TPSA) is 65.4 Å². The number of hydrogen-bond donors (Lipinski definition) is 3. The second kappa shape index (κ2) is 5.93. The van der Waals surface area contributed by atoms with Crippen molar-refractivity contribution in [3.63, 3.8) is 0 Å². The first-order valence-corrected chi connectivity index (χ1v) is 8.33. The van der Waals surface area contributed by atoms with Gasteiger partial charge in [-0.05, 0) is 30.3 Å². The van der Waals surface area contributed by atoms with Crippen molar-refractivity contribution in [1.29, 1.82) is 0 Å². The Labute approximate surface area is 137 Å². The standard InChI is InChI=1S/C15H11ClF2N2O2S/c16-10-2-1-9-3-13(8-19-15(9)4-10)20-23(21,22)14-6-11(17)5-12(18)7-14/h1-8,20-22H. The molecule has 1 aromatic heterocycles. The molecule has 3 N–H and O–H groups in total. The molecule has 0 bridgehead atoms. The molecule has 0 saturated carbocycles. The molecule has 0 radical (unpaired) electrons. The summed E-state index contributed by atoms with van der Waals surface area (Å²) in [4.78, 5) is 3.87. The molecule has 8 heteroatoms. The highest BCUT2D eigenvalue weighted by atomic mass is 35.5. The van der Waals surface area contributed by atoms with Crippen LogP contribution in [0.4, 0.5) is 14.5 Å². The van der Waals surface area contributed by atoms with Crippen molar-refractivity contribution in [1.82, 2.24) is 4.98 Å². The number of nitrogens with one attached hydrogen (secondary N) is 1. The predicted octanol–water partition coefficient (Wildman–Crippen LogP) is 5.30.